The second-order valence-electron chi connectivity index (χ2n) is 4.89. The number of carboxylic acid groups (broad SMARTS) is 1. The third-order valence-electron chi connectivity index (χ3n) is 3.60. The number of fused-ring (bicyclic) bond motifs is 1. The van der Waals surface area contributed by atoms with E-state index in [2.05, 4.69) is 9.97 Å². The van der Waals surface area contributed by atoms with Crippen LogP contribution >= 0.6 is 0 Å². The lowest BCUT2D eigenvalue weighted by atomic mass is 9.93. The molecule has 0 aliphatic carbocycles. The molecule has 0 saturated heterocycles. The Bertz CT molecular complexity index is 688. The molecule has 0 radical (unpaired) electrons. The van der Waals surface area contributed by atoms with Crippen LogP contribution in [-0.2, 0) is 17.8 Å². The molecule has 6 nitrogen and oxygen atoms in total. The fourth-order valence-corrected chi connectivity index (χ4v) is 2.53. The van der Waals surface area contributed by atoms with Crippen LogP contribution in [0.15, 0.2) is 43.0 Å². The first-order valence-corrected chi connectivity index (χ1v) is 6.52. The number of rotatable bonds is 2. The number of amides is 1. The van der Waals surface area contributed by atoms with E-state index in [9.17, 15) is 14.7 Å². The van der Waals surface area contributed by atoms with Gasteiger partial charge in [-0.3, -0.25) is 4.79 Å². The summed E-state index contributed by atoms with van der Waals surface area (Å²) in [7, 11) is 0. The van der Waals surface area contributed by atoms with Crippen molar-refractivity contribution in [3.8, 4) is 0 Å². The molecule has 2 heterocycles. The van der Waals surface area contributed by atoms with Crippen LogP contribution in [-0.4, -0.2) is 37.9 Å². The third kappa shape index (κ3) is 2.47. The average molecular weight is 283 g/mol. The summed E-state index contributed by atoms with van der Waals surface area (Å²) in [5, 5.41) is 9.40. The van der Waals surface area contributed by atoms with Gasteiger partial charge in [0.05, 0.1) is 5.56 Å². The summed E-state index contributed by atoms with van der Waals surface area (Å²) < 4.78 is 0. The van der Waals surface area contributed by atoms with Crippen molar-refractivity contribution < 1.29 is 14.7 Å². The Labute approximate surface area is 121 Å². The molecule has 0 unspecified atom stereocenters. The van der Waals surface area contributed by atoms with Crippen molar-refractivity contribution in [1.82, 2.24) is 14.9 Å². The molecule has 1 aliphatic heterocycles. The van der Waals surface area contributed by atoms with Gasteiger partial charge in [-0.15, -0.1) is 0 Å². The van der Waals surface area contributed by atoms with E-state index in [4.69, 9.17) is 0 Å². The maximum atomic E-state index is 12.5. The highest BCUT2D eigenvalue weighted by molar-refractivity contribution is 5.96. The fraction of sp³-hybridized carbons (Fsp3) is 0.200. The molecule has 2 aromatic rings. The molecule has 1 aromatic carbocycles. The van der Waals surface area contributed by atoms with E-state index in [0.29, 0.717) is 12.0 Å². The second-order valence-corrected chi connectivity index (χ2v) is 4.89. The normalized spacial score (nSPS) is 17.1. The summed E-state index contributed by atoms with van der Waals surface area (Å²) in [4.78, 5) is 33.0. The van der Waals surface area contributed by atoms with E-state index in [1.54, 1.807) is 0 Å². The Morgan fingerprint density at radius 2 is 1.81 bits per heavy atom. The predicted molar refractivity (Wildman–Crippen MR) is 73.5 cm³/mol. The number of carboxylic acids is 1. The predicted octanol–water partition coefficient (Wildman–Crippen LogP) is 1.13. The minimum Gasteiger partial charge on any atom is -0.480 e. The van der Waals surface area contributed by atoms with E-state index >= 15 is 0 Å². The van der Waals surface area contributed by atoms with Gasteiger partial charge in [0.15, 0.2) is 0 Å². The summed E-state index contributed by atoms with van der Waals surface area (Å²) in [5.74, 6) is -1.37. The average Bonchev–Trinajstić information content (AvgIpc) is 2.53. The Morgan fingerprint density at radius 3 is 2.48 bits per heavy atom. The van der Waals surface area contributed by atoms with Crippen LogP contribution in [0.2, 0.25) is 0 Å². The Morgan fingerprint density at radius 1 is 1.14 bits per heavy atom. The van der Waals surface area contributed by atoms with Gasteiger partial charge in [-0.1, -0.05) is 24.3 Å². The molecule has 1 atom stereocenters. The molecule has 0 bridgehead atoms. The van der Waals surface area contributed by atoms with Crippen LogP contribution in [0, 0.1) is 0 Å². The highest BCUT2D eigenvalue weighted by Crippen LogP contribution is 2.24. The van der Waals surface area contributed by atoms with Crippen LogP contribution < -0.4 is 0 Å². The van der Waals surface area contributed by atoms with Crippen molar-refractivity contribution in [1.29, 1.82) is 0 Å². The van der Waals surface area contributed by atoms with Gasteiger partial charge < -0.3 is 10.0 Å². The minimum absolute atomic E-state index is 0.279. The third-order valence-corrected chi connectivity index (χ3v) is 3.60. The molecule has 0 spiro atoms. The van der Waals surface area contributed by atoms with Crippen molar-refractivity contribution in [3.63, 3.8) is 0 Å². The Kier molecular flexibility index (Phi) is 3.35. The number of benzene rings is 1. The van der Waals surface area contributed by atoms with Crippen molar-refractivity contribution in [2.24, 2.45) is 0 Å². The first-order chi connectivity index (χ1) is 10.2. The molecule has 106 valence electrons. The lowest BCUT2D eigenvalue weighted by molar-refractivity contribution is -0.142. The number of hydrogen-bond donors (Lipinski definition) is 1. The summed E-state index contributed by atoms with van der Waals surface area (Å²) in [6.07, 6.45) is 4.44. The molecule has 3 rings (SSSR count). The summed E-state index contributed by atoms with van der Waals surface area (Å²) in [6, 6.07) is 6.70. The SMILES string of the molecule is O=C(O)[C@H]1Cc2ccccc2CN1C(=O)c1cncnc1. The molecule has 1 aromatic heterocycles. The van der Waals surface area contributed by atoms with Gasteiger partial charge in [0.1, 0.15) is 12.4 Å². The van der Waals surface area contributed by atoms with Crippen molar-refractivity contribution in [2.75, 3.05) is 0 Å². The van der Waals surface area contributed by atoms with Crippen LogP contribution in [0.4, 0.5) is 0 Å². The Hall–Kier alpha value is -2.76. The molecule has 1 amide bonds. The molecule has 1 aliphatic rings. The van der Waals surface area contributed by atoms with Gasteiger partial charge in [0.2, 0.25) is 0 Å². The van der Waals surface area contributed by atoms with E-state index in [1.165, 1.54) is 23.6 Å². The lowest BCUT2D eigenvalue weighted by Crippen LogP contribution is -2.48. The van der Waals surface area contributed by atoms with E-state index in [-0.39, 0.29) is 12.5 Å². The zero-order valence-electron chi connectivity index (χ0n) is 11.1. The van der Waals surface area contributed by atoms with Crippen LogP contribution in [0.1, 0.15) is 21.5 Å². The molecule has 1 N–H and O–H groups in total. The maximum absolute atomic E-state index is 12.5. The first-order valence-electron chi connectivity index (χ1n) is 6.52. The van der Waals surface area contributed by atoms with E-state index in [1.807, 2.05) is 24.3 Å². The highest BCUT2D eigenvalue weighted by Gasteiger charge is 2.34. The lowest BCUT2D eigenvalue weighted by Gasteiger charge is -2.34. The van der Waals surface area contributed by atoms with Gasteiger partial charge in [-0.05, 0) is 11.1 Å². The number of nitrogens with zero attached hydrogens (tertiary/aromatic N) is 3. The van der Waals surface area contributed by atoms with E-state index < -0.39 is 12.0 Å². The standard InChI is InChI=1S/C15H13N3O3/c19-14(12-6-16-9-17-7-12)18-8-11-4-2-1-3-10(11)5-13(18)15(20)21/h1-4,6-7,9,13H,5,8H2,(H,20,21)/t13-/m1/s1. The summed E-state index contributed by atoms with van der Waals surface area (Å²) in [5.41, 5.74) is 2.24. The van der Waals surface area contributed by atoms with Crippen molar-refractivity contribution in [3.05, 3.63) is 59.7 Å². The smallest absolute Gasteiger partial charge is 0.326 e. The van der Waals surface area contributed by atoms with Crippen LogP contribution in [0.5, 0.6) is 0 Å². The van der Waals surface area contributed by atoms with Crippen LogP contribution in [0.3, 0.4) is 0 Å². The number of aromatic nitrogens is 2. The quantitative estimate of drug-likeness (QED) is 0.893. The molecule has 6 heteroatoms. The van der Waals surface area contributed by atoms with Gasteiger partial charge in [-0.25, -0.2) is 14.8 Å². The van der Waals surface area contributed by atoms with E-state index in [0.717, 1.165) is 11.1 Å². The van der Waals surface area contributed by atoms with Crippen molar-refractivity contribution in [2.45, 2.75) is 19.0 Å². The number of carbonyl (C=O) groups excluding carboxylic acids is 1. The molecular formula is C15H13N3O3. The second kappa shape index (κ2) is 5.32. The minimum atomic E-state index is -1.00. The first kappa shape index (κ1) is 13.2. The van der Waals surface area contributed by atoms with Gasteiger partial charge in [0.25, 0.3) is 5.91 Å². The van der Waals surface area contributed by atoms with Gasteiger partial charge in [0, 0.05) is 25.4 Å². The fourth-order valence-electron chi connectivity index (χ4n) is 2.53. The zero-order chi connectivity index (χ0) is 14.8. The summed E-state index contributed by atoms with van der Waals surface area (Å²) in [6.45, 7) is 0.279. The van der Waals surface area contributed by atoms with Crippen LogP contribution in [0.25, 0.3) is 0 Å². The molecular weight excluding hydrogens is 270 g/mol. The number of aliphatic carboxylic acids is 1. The topological polar surface area (TPSA) is 83.4 Å². The largest absolute Gasteiger partial charge is 0.480 e. The molecule has 0 fully saturated rings. The molecule has 0 saturated carbocycles. The van der Waals surface area contributed by atoms with Gasteiger partial charge in [-0.2, -0.15) is 0 Å². The van der Waals surface area contributed by atoms with Gasteiger partial charge >= 0.3 is 5.97 Å². The molecule has 21 heavy (non-hydrogen) atoms. The number of hydrogen-bond acceptors (Lipinski definition) is 4. The monoisotopic (exact) mass is 283 g/mol. The maximum Gasteiger partial charge on any atom is 0.326 e. The highest BCUT2D eigenvalue weighted by atomic mass is 16.4. The van der Waals surface area contributed by atoms with Crippen molar-refractivity contribution >= 4 is 11.9 Å². The Balaban J connectivity index is 1.96. The zero-order valence-corrected chi connectivity index (χ0v) is 11.1. The number of carbonyl (C=O) groups is 2. The summed E-state index contributed by atoms with van der Waals surface area (Å²) >= 11 is 0.